The number of hydrogen-bond donors (Lipinski definition) is 0. The minimum absolute atomic E-state index is 0.209. The molecular weight excluding hydrogens is 265 g/mol. The largest absolute Gasteiger partial charge is 0.378 e. The van der Waals surface area contributed by atoms with Gasteiger partial charge in [0, 0.05) is 18.8 Å². The van der Waals surface area contributed by atoms with Crippen molar-refractivity contribution in [2.45, 2.75) is 0 Å². The Labute approximate surface area is 124 Å². The molecule has 0 unspecified atom stereocenters. The molecule has 2 aromatic carbocycles. The van der Waals surface area contributed by atoms with Gasteiger partial charge in [-0.1, -0.05) is 42.5 Å². The topological polar surface area (TPSA) is 12.5 Å². The fourth-order valence-corrected chi connectivity index (χ4v) is 2.49. The van der Waals surface area contributed by atoms with Gasteiger partial charge in [-0.25, -0.2) is 4.39 Å². The molecule has 3 rings (SSSR count). The predicted octanol–water partition coefficient (Wildman–Crippen LogP) is 3.66. The van der Waals surface area contributed by atoms with Crippen molar-refractivity contribution in [2.24, 2.45) is 0 Å². The molecule has 0 radical (unpaired) electrons. The van der Waals surface area contributed by atoms with E-state index in [1.54, 1.807) is 12.1 Å². The number of halogens is 1. The van der Waals surface area contributed by atoms with Gasteiger partial charge in [-0.3, -0.25) is 0 Å². The third-order valence-corrected chi connectivity index (χ3v) is 3.59. The molecule has 2 nitrogen and oxygen atoms in total. The van der Waals surface area contributed by atoms with Crippen molar-refractivity contribution in [1.82, 2.24) is 4.90 Å². The van der Waals surface area contributed by atoms with Gasteiger partial charge >= 0.3 is 0 Å². The average Bonchev–Trinajstić information content (AvgIpc) is 2.56. The highest BCUT2D eigenvalue weighted by molar-refractivity contribution is 5.80. The standard InChI is InChI=1S/C18H18FNO/c19-17-8-6-15(7-9-17)14-18(16-4-2-1-3-5-16)20-10-12-21-13-11-20/h1-9,14H,10-13H2. The van der Waals surface area contributed by atoms with E-state index in [0.717, 1.165) is 37.6 Å². The van der Waals surface area contributed by atoms with Gasteiger partial charge in [-0.05, 0) is 29.3 Å². The number of benzene rings is 2. The Morgan fingerprint density at radius 3 is 2.29 bits per heavy atom. The van der Waals surface area contributed by atoms with E-state index in [9.17, 15) is 4.39 Å². The number of nitrogens with zero attached hydrogens (tertiary/aromatic N) is 1. The molecule has 0 N–H and O–H groups in total. The Hall–Kier alpha value is -2.13. The maximum absolute atomic E-state index is 13.1. The van der Waals surface area contributed by atoms with Gasteiger partial charge in [0.25, 0.3) is 0 Å². The second-order valence-corrected chi connectivity index (χ2v) is 5.05. The molecule has 1 aliphatic rings. The predicted molar refractivity (Wildman–Crippen MR) is 83.1 cm³/mol. The van der Waals surface area contributed by atoms with Crippen LogP contribution in [0.4, 0.5) is 4.39 Å². The Balaban J connectivity index is 1.96. The first-order valence-electron chi connectivity index (χ1n) is 7.18. The molecule has 0 bridgehead atoms. The molecule has 0 aromatic heterocycles. The van der Waals surface area contributed by atoms with E-state index in [-0.39, 0.29) is 5.82 Å². The van der Waals surface area contributed by atoms with Crippen LogP contribution in [-0.2, 0) is 4.74 Å². The van der Waals surface area contributed by atoms with E-state index in [4.69, 9.17) is 4.74 Å². The van der Waals surface area contributed by atoms with E-state index in [1.165, 1.54) is 17.7 Å². The molecule has 108 valence electrons. The highest BCUT2D eigenvalue weighted by Gasteiger charge is 2.15. The van der Waals surface area contributed by atoms with Crippen LogP contribution in [0.15, 0.2) is 54.6 Å². The molecule has 21 heavy (non-hydrogen) atoms. The zero-order chi connectivity index (χ0) is 14.5. The summed E-state index contributed by atoms with van der Waals surface area (Å²) in [7, 11) is 0. The maximum atomic E-state index is 13.1. The van der Waals surface area contributed by atoms with Crippen LogP contribution in [-0.4, -0.2) is 31.2 Å². The molecule has 0 saturated carbocycles. The van der Waals surface area contributed by atoms with Crippen molar-refractivity contribution in [2.75, 3.05) is 26.3 Å². The molecule has 3 heteroatoms. The van der Waals surface area contributed by atoms with Crippen LogP contribution in [0.25, 0.3) is 11.8 Å². The molecule has 2 aromatic rings. The van der Waals surface area contributed by atoms with Gasteiger partial charge in [-0.2, -0.15) is 0 Å². The number of morpholine rings is 1. The minimum Gasteiger partial charge on any atom is -0.378 e. The summed E-state index contributed by atoms with van der Waals surface area (Å²) in [6, 6.07) is 16.9. The van der Waals surface area contributed by atoms with Gasteiger partial charge in [-0.15, -0.1) is 0 Å². The lowest BCUT2D eigenvalue weighted by Gasteiger charge is -2.31. The molecule has 0 atom stereocenters. The highest BCUT2D eigenvalue weighted by atomic mass is 19.1. The highest BCUT2D eigenvalue weighted by Crippen LogP contribution is 2.23. The third-order valence-electron chi connectivity index (χ3n) is 3.59. The lowest BCUT2D eigenvalue weighted by Crippen LogP contribution is -2.34. The molecule has 1 fully saturated rings. The second kappa shape index (κ2) is 6.55. The SMILES string of the molecule is Fc1ccc(C=C(c2ccccc2)N2CCOCC2)cc1. The van der Waals surface area contributed by atoms with E-state index < -0.39 is 0 Å². The van der Waals surface area contributed by atoms with Crippen molar-refractivity contribution in [3.63, 3.8) is 0 Å². The summed E-state index contributed by atoms with van der Waals surface area (Å²) in [5.74, 6) is -0.209. The summed E-state index contributed by atoms with van der Waals surface area (Å²) in [5, 5.41) is 0. The maximum Gasteiger partial charge on any atom is 0.123 e. The summed E-state index contributed by atoms with van der Waals surface area (Å²) >= 11 is 0. The lowest BCUT2D eigenvalue weighted by molar-refractivity contribution is 0.0642. The molecule has 0 aliphatic carbocycles. The molecule has 1 saturated heterocycles. The number of ether oxygens (including phenoxy) is 1. The van der Waals surface area contributed by atoms with Crippen molar-refractivity contribution in [3.8, 4) is 0 Å². The van der Waals surface area contributed by atoms with Crippen LogP contribution in [0.1, 0.15) is 11.1 Å². The van der Waals surface area contributed by atoms with Gasteiger partial charge in [0.05, 0.1) is 13.2 Å². The second-order valence-electron chi connectivity index (χ2n) is 5.05. The first kappa shape index (κ1) is 13.8. The average molecular weight is 283 g/mol. The van der Waals surface area contributed by atoms with E-state index in [2.05, 4.69) is 23.1 Å². The Morgan fingerprint density at radius 2 is 1.62 bits per heavy atom. The smallest absolute Gasteiger partial charge is 0.123 e. The van der Waals surface area contributed by atoms with E-state index in [0.29, 0.717) is 0 Å². The zero-order valence-electron chi connectivity index (χ0n) is 11.8. The molecule has 0 amide bonds. The van der Waals surface area contributed by atoms with Crippen LogP contribution >= 0.6 is 0 Å². The van der Waals surface area contributed by atoms with Crippen LogP contribution in [0, 0.1) is 5.82 Å². The van der Waals surface area contributed by atoms with Crippen molar-refractivity contribution in [3.05, 3.63) is 71.5 Å². The minimum atomic E-state index is -0.209. The van der Waals surface area contributed by atoms with Crippen LogP contribution in [0.3, 0.4) is 0 Å². The van der Waals surface area contributed by atoms with Gasteiger partial charge in [0.2, 0.25) is 0 Å². The fraction of sp³-hybridized carbons (Fsp3) is 0.222. The van der Waals surface area contributed by atoms with Crippen molar-refractivity contribution in [1.29, 1.82) is 0 Å². The van der Waals surface area contributed by atoms with Gasteiger partial charge in [0.1, 0.15) is 5.82 Å². The normalized spacial score (nSPS) is 16.0. The summed E-state index contributed by atoms with van der Waals surface area (Å²) in [6.45, 7) is 3.24. The summed E-state index contributed by atoms with van der Waals surface area (Å²) < 4.78 is 18.5. The first-order valence-corrected chi connectivity index (χ1v) is 7.18. The third kappa shape index (κ3) is 3.50. The van der Waals surface area contributed by atoms with Crippen LogP contribution in [0.2, 0.25) is 0 Å². The zero-order valence-corrected chi connectivity index (χ0v) is 11.8. The van der Waals surface area contributed by atoms with E-state index >= 15 is 0 Å². The molecule has 1 aliphatic heterocycles. The molecule has 1 heterocycles. The fourth-order valence-electron chi connectivity index (χ4n) is 2.49. The molecular formula is C18H18FNO. The van der Waals surface area contributed by atoms with Gasteiger partial charge < -0.3 is 9.64 Å². The summed E-state index contributed by atoms with van der Waals surface area (Å²) in [5.41, 5.74) is 3.33. The van der Waals surface area contributed by atoms with Gasteiger partial charge in [0.15, 0.2) is 0 Å². The monoisotopic (exact) mass is 283 g/mol. The Kier molecular flexibility index (Phi) is 4.31. The summed E-state index contributed by atoms with van der Waals surface area (Å²) in [4.78, 5) is 2.32. The lowest BCUT2D eigenvalue weighted by atomic mass is 10.1. The van der Waals surface area contributed by atoms with Crippen molar-refractivity contribution >= 4 is 11.8 Å². The van der Waals surface area contributed by atoms with E-state index in [1.807, 2.05) is 18.2 Å². The van der Waals surface area contributed by atoms with Crippen LogP contribution < -0.4 is 0 Å². The summed E-state index contributed by atoms with van der Waals surface area (Å²) in [6.07, 6.45) is 2.11. The quantitative estimate of drug-likeness (QED) is 0.797. The number of rotatable bonds is 3. The first-order chi connectivity index (χ1) is 10.3. The Morgan fingerprint density at radius 1 is 0.952 bits per heavy atom. The van der Waals surface area contributed by atoms with Crippen molar-refractivity contribution < 1.29 is 9.13 Å². The van der Waals surface area contributed by atoms with Crippen LogP contribution in [0.5, 0.6) is 0 Å². The Bertz CT molecular complexity index is 601. The number of hydrogen-bond acceptors (Lipinski definition) is 2. The molecule has 0 spiro atoms.